The molecule has 2 aliphatic rings. The second kappa shape index (κ2) is 4.12. The van der Waals surface area contributed by atoms with Gasteiger partial charge >= 0.3 is 5.97 Å². The molecule has 2 rings (SSSR count). The lowest BCUT2D eigenvalue weighted by Gasteiger charge is -2.30. The molecule has 2 aliphatic carbocycles. The summed E-state index contributed by atoms with van der Waals surface area (Å²) in [5.74, 6) is 0.387. The second-order valence-corrected chi connectivity index (χ2v) is 5.44. The van der Waals surface area contributed by atoms with Crippen molar-refractivity contribution in [3.8, 4) is 0 Å². The average molecular weight is 211 g/mol. The van der Waals surface area contributed by atoms with Gasteiger partial charge in [-0.1, -0.05) is 13.8 Å². The highest BCUT2D eigenvalue weighted by Crippen LogP contribution is 2.40. The molecule has 0 aromatic heterocycles. The van der Waals surface area contributed by atoms with E-state index in [1.165, 1.54) is 12.8 Å². The van der Waals surface area contributed by atoms with Gasteiger partial charge in [0.1, 0.15) is 6.04 Å². The molecule has 3 nitrogen and oxygen atoms in total. The number of hydrogen-bond acceptors (Lipinski definition) is 2. The predicted molar refractivity (Wildman–Crippen MR) is 58.7 cm³/mol. The number of aliphatic carboxylic acids is 1. The minimum absolute atomic E-state index is 0.195. The molecule has 3 heteroatoms. The van der Waals surface area contributed by atoms with Crippen molar-refractivity contribution >= 4 is 5.97 Å². The summed E-state index contributed by atoms with van der Waals surface area (Å²) < 4.78 is 0. The van der Waals surface area contributed by atoms with E-state index in [-0.39, 0.29) is 6.04 Å². The van der Waals surface area contributed by atoms with Crippen LogP contribution in [-0.2, 0) is 4.79 Å². The Hall–Kier alpha value is -0.570. The molecule has 0 aliphatic heterocycles. The molecular weight excluding hydrogens is 190 g/mol. The minimum atomic E-state index is -0.606. The summed E-state index contributed by atoms with van der Waals surface area (Å²) in [6.45, 7) is 5.28. The van der Waals surface area contributed by atoms with Crippen LogP contribution < -0.4 is 0 Å². The maximum Gasteiger partial charge on any atom is 0.321 e. The molecule has 0 aromatic carbocycles. The van der Waals surface area contributed by atoms with E-state index >= 15 is 0 Å². The van der Waals surface area contributed by atoms with E-state index < -0.39 is 5.97 Å². The number of carbonyl (C=O) groups is 1. The fourth-order valence-electron chi connectivity index (χ4n) is 2.34. The lowest BCUT2D eigenvalue weighted by molar-refractivity contribution is -0.144. The molecule has 2 saturated carbocycles. The monoisotopic (exact) mass is 211 g/mol. The Morgan fingerprint density at radius 2 is 1.93 bits per heavy atom. The molecule has 86 valence electrons. The third-order valence-electron chi connectivity index (χ3n) is 3.27. The van der Waals surface area contributed by atoms with Gasteiger partial charge in [-0.3, -0.25) is 9.69 Å². The third kappa shape index (κ3) is 2.71. The van der Waals surface area contributed by atoms with Gasteiger partial charge in [-0.25, -0.2) is 0 Å². The molecule has 0 amide bonds. The molecule has 1 atom stereocenters. The lowest BCUT2D eigenvalue weighted by atomic mass is 10.1. The van der Waals surface area contributed by atoms with Crippen LogP contribution in [0.4, 0.5) is 0 Å². The van der Waals surface area contributed by atoms with Crippen LogP contribution in [0.15, 0.2) is 0 Å². The molecule has 0 spiro atoms. The molecule has 0 bridgehead atoms. The highest BCUT2D eigenvalue weighted by Gasteiger charge is 2.45. The van der Waals surface area contributed by atoms with Crippen molar-refractivity contribution in [3.63, 3.8) is 0 Å². The molecule has 2 fully saturated rings. The Morgan fingerprint density at radius 1 is 1.33 bits per heavy atom. The molecule has 0 radical (unpaired) electrons. The van der Waals surface area contributed by atoms with Gasteiger partial charge in [-0.2, -0.15) is 0 Å². The molecule has 1 unspecified atom stereocenters. The van der Waals surface area contributed by atoms with Crippen LogP contribution in [0.5, 0.6) is 0 Å². The van der Waals surface area contributed by atoms with Gasteiger partial charge in [-0.15, -0.1) is 0 Å². The topological polar surface area (TPSA) is 40.5 Å². The van der Waals surface area contributed by atoms with Crippen molar-refractivity contribution in [2.75, 3.05) is 6.54 Å². The standard InChI is InChI=1S/C12H21NO2/c1-8(2)7-13(10-5-6-10)11(12(14)15)9-3-4-9/h8-11H,3-7H2,1-2H3,(H,14,15). The number of carboxylic acids is 1. The van der Waals surface area contributed by atoms with E-state index in [9.17, 15) is 9.90 Å². The van der Waals surface area contributed by atoms with E-state index in [1.807, 2.05) is 0 Å². The quantitative estimate of drug-likeness (QED) is 0.730. The van der Waals surface area contributed by atoms with E-state index in [1.54, 1.807) is 0 Å². The van der Waals surface area contributed by atoms with Crippen LogP contribution in [0.2, 0.25) is 0 Å². The molecule has 15 heavy (non-hydrogen) atoms. The second-order valence-electron chi connectivity index (χ2n) is 5.44. The van der Waals surface area contributed by atoms with E-state index in [0.717, 1.165) is 19.4 Å². The van der Waals surface area contributed by atoms with Crippen LogP contribution in [0.25, 0.3) is 0 Å². The zero-order chi connectivity index (χ0) is 11.0. The Balaban J connectivity index is 2.02. The first kappa shape index (κ1) is 10.9. The fourth-order valence-corrected chi connectivity index (χ4v) is 2.34. The molecule has 0 heterocycles. The van der Waals surface area contributed by atoms with Crippen molar-refractivity contribution in [1.29, 1.82) is 0 Å². The van der Waals surface area contributed by atoms with Crippen molar-refractivity contribution in [3.05, 3.63) is 0 Å². The summed E-state index contributed by atoms with van der Waals surface area (Å²) in [6, 6.07) is 0.369. The summed E-state index contributed by atoms with van der Waals surface area (Å²) in [5, 5.41) is 9.30. The number of hydrogen-bond donors (Lipinski definition) is 1. The van der Waals surface area contributed by atoms with Gasteiger partial charge in [0.15, 0.2) is 0 Å². The van der Waals surface area contributed by atoms with Gasteiger partial charge in [0.05, 0.1) is 0 Å². The van der Waals surface area contributed by atoms with E-state index in [0.29, 0.717) is 17.9 Å². The molecule has 1 N–H and O–H groups in total. The number of nitrogens with zero attached hydrogens (tertiary/aromatic N) is 1. The van der Waals surface area contributed by atoms with Gasteiger partial charge in [0.2, 0.25) is 0 Å². The fraction of sp³-hybridized carbons (Fsp3) is 0.917. The highest BCUT2D eigenvalue weighted by atomic mass is 16.4. The van der Waals surface area contributed by atoms with Gasteiger partial charge in [0, 0.05) is 12.6 Å². The van der Waals surface area contributed by atoms with Crippen LogP contribution in [0.3, 0.4) is 0 Å². The van der Waals surface area contributed by atoms with Crippen LogP contribution >= 0.6 is 0 Å². The SMILES string of the molecule is CC(C)CN(C1CC1)C(C(=O)O)C1CC1. The smallest absolute Gasteiger partial charge is 0.321 e. The summed E-state index contributed by atoms with van der Waals surface area (Å²) in [4.78, 5) is 13.5. The maximum absolute atomic E-state index is 11.3. The maximum atomic E-state index is 11.3. The first-order valence-electron chi connectivity index (χ1n) is 6.08. The zero-order valence-corrected chi connectivity index (χ0v) is 9.65. The molecular formula is C12H21NO2. The van der Waals surface area contributed by atoms with Crippen LogP contribution in [0.1, 0.15) is 39.5 Å². The van der Waals surface area contributed by atoms with Crippen molar-refractivity contribution in [2.45, 2.75) is 51.6 Å². The Labute approximate surface area is 91.5 Å². The van der Waals surface area contributed by atoms with Gasteiger partial charge in [0.25, 0.3) is 0 Å². The third-order valence-corrected chi connectivity index (χ3v) is 3.27. The van der Waals surface area contributed by atoms with Gasteiger partial charge in [-0.05, 0) is 37.5 Å². The van der Waals surface area contributed by atoms with E-state index in [4.69, 9.17) is 0 Å². The Kier molecular flexibility index (Phi) is 3.01. The van der Waals surface area contributed by atoms with Crippen molar-refractivity contribution in [1.82, 2.24) is 4.90 Å². The summed E-state index contributed by atoms with van der Waals surface area (Å²) in [5.41, 5.74) is 0. The van der Waals surface area contributed by atoms with Crippen LogP contribution in [0, 0.1) is 11.8 Å². The van der Waals surface area contributed by atoms with Crippen molar-refractivity contribution in [2.24, 2.45) is 11.8 Å². The molecule has 0 saturated heterocycles. The summed E-state index contributed by atoms with van der Waals surface area (Å²) in [6.07, 6.45) is 4.61. The highest BCUT2D eigenvalue weighted by molar-refractivity contribution is 5.74. The first-order valence-corrected chi connectivity index (χ1v) is 6.08. The van der Waals surface area contributed by atoms with E-state index in [2.05, 4.69) is 18.7 Å². The van der Waals surface area contributed by atoms with Gasteiger partial charge < -0.3 is 5.11 Å². The Bertz CT molecular complexity index is 244. The Morgan fingerprint density at radius 3 is 2.27 bits per heavy atom. The predicted octanol–water partition coefficient (Wildman–Crippen LogP) is 1.97. The van der Waals surface area contributed by atoms with Crippen LogP contribution in [-0.4, -0.2) is 34.6 Å². The molecule has 0 aromatic rings. The van der Waals surface area contributed by atoms with Crippen molar-refractivity contribution < 1.29 is 9.90 Å². The normalized spacial score (nSPS) is 23.5. The number of rotatable bonds is 6. The largest absolute Gasteiger partial charge is 0.480 e. The zero-order valence-electron chi connectivity index (χ0n) is 9.65. The first-order chi connectivity index (χ1) is 7.09. The minimum Gasteiger partial charge on any atom is -0.480 e. The average Bonchev–Trinajstić information content (AvgIpc) is 2.98. The summed E-state index contributed by atoms with van der Waals surface area (Å²) >= 11 is 0. The number of carboxylic acid groups (broad SMARTS) is 1. The lowest BCUT2D eigenvalue weighted by Crippen LogP contribution is -2.45. The summed E-state index contributed by atoms with van der Waals surface area (Å²) in [7, 11) is 0.